The van der Waals surface area contributed by atoms with Gasteiger partial charge < -0.3 is 19.7 Å². The van der Waals surface area contributed by atoms with Crippen LogP contribution < -0.4 is 10.9 Å². The largest absolute Gasteiger partial charge is 0.480 e. The lowest BCUT2D eigenvalue weighted by Crippen LogP contribution is -2.54. The van der Waals surface area contributed by atoms with Crippen LogP contribution in [-0.2, 0) is 22.5 Å². The number of carboxylic acid groups (broad SMARTS) is 1. The van der Waals surface area contributed by atoms with Gasteiger partial charge in [0.1, 0.15) is 18.0 Å². The van der Waals surface area contributed by atoms with Crippen LogP contribution >= 0.6 is 0 Å². The lowest BCUT2D eigenvalue weighted by molar-refractivity contribution is -0.143. The van der Waals surface area contributed by atoms with E-state index in [9.17, 15) is 18.8 Å². The fourth-order valence-electron chi connectivity index (χ4n) is 4.59. The van der Waals surface area contributed by atoms with Gasteiger partial charge in [-0.1, -0.05) is 38.3 Å². The van der Waals surface area contributed by atoms with Crippen LogP contribution in [-0.4, -0.2) is 40.3 Å². The van der Waals surface area contributed by atoms with Crippen molar-refractivity contribution in [3.8, 4) is 0 Å². The first-order valence-electron chi connectivity index (χ1n) is 11.3. The van der Waals surface area contributed by atoms with Crippen molar-refractivity contribution >= 4 is 11.9 Å². The summed E-state index contributed by atoms with van der Waals surface area (Å²) in [7, 11) is 0. The number of amides is 1. The molecule has 0 saturated heterocycles. The Labute approximate surface area is 192 Å². The van der Waals surface area contributed by atoms with E-state index in [0.29, 0.717) is 19.3 Å². The number of ether oxygens (including phenoxy) is 1. The number of aromatic nitrogens is 1. The van der Waals surface area contributed by atoms with Gasteiger partial charge in [-0.15, -0.1) is 0 Å². The van der Waals surface area contributed by atoms with Crippen LogP contribution in [0, 0.1) is 12.7 Å². The highest BCUT2D eigenvalue weighted by atomic mass is 19.1. The number of carbonyl (C=O) groups excluding carboxylic acids is 1. The number of hydrogen-bond acceptors (Lipinski definition) is 4. The van der Waals surface area contributed by atoms with E-state index in [-0.39, 0.29) is 24.5 Å². The third-order valence-corrected chi connectivity index (χ3v) is 6.24. The second-order valence-electron chi connectivity index (χ2n) is 8.74. The average Bonchev–Trinajstić information content (AvgIpc) is 2.78. The molecule has 0 spiro atoms. The van der Waals surface area contributed by atoms with E-state index in [1.807, 2.05) is 13.8 Å². The first kappa shape index (κ1) is 24.6. The highest BCUT2D eigenvalue weighted by molar-refractivity contribution is 5.94. The van der Waals surface area contributed by atoms with Crippen LogP contribution in [0.15, 0.2) is 35.1 Å². The molecular weight excluding hydrogens is 427 g/mol. The predicted octanol–water partition coefficient (Wildman–Crippen LogP) is 3.44. The number of nitrogens with zero attached hydrogens (tertiary/aromatic N) is 1. The number of pyridine rings is 1. The van der Waals surface area contributed by atoms with Gasteiger partial charge in [0.25, 0.3) is 11.5 Å². The zero-order chi connectivity index (χ0) is 24.0. The average molecular weight is 459 g/mol. The molecule has 1 aromatic carbocycles. The minimum Gasteiger partial charge on any atom is -0.480 e. The number of rotatable bonds is 9. The van der Waals surface area contributed by atoms with Crippen LogP contribution in [0.1, 0.15) is 66.2 Å². The van der Waals surface area contributed by atoms with Gasteiger partial charge in [-0.05, 0) is 55.5 Å². The van der Waals surface area contributed by atoms with Crippen LogP contribution in [0.5, 0.6) is 0 Å². The number of hydrogen-bond donors (Lipinski definition) is 2. The highest BCUT2D eigenvalue weighted by Crippen LogP contribution is 2.29. The van der Waals surface area contributed by atoms with E-state index in [4.69, 9.17) is 9.84 Å². The smallest absolute Gasteiger partial charge is 0.329 e. The second-order valence-corrected chi connectivity index (χ2v) is 8.74. The van der Waals surface area contributed by atoms with Crippen molar-refractivity contribution in [1.29, 1.82) is 0 Å². The Kier molecular flexibility index (Phi) is 8.02. The molecule has 1 heterocycles. The Balaban J connectivity index is 1.91. The van der Waals surface area contributed by atoms with E-state index in [2.05, 4.69) is 5.32 Å². The molecule has 1 aliphatic carbocycles. The standard InChI is InChI=1S/C25H31FN2O5/c1-3-21-17(2)13-20(24(32)28(21)14-18-7-9-19(26)10-8-18)23(31)27-25(11-5-4-6-12-25)16-33-15-22(29)30/h7-10,13H,3-6,11-12,14-16H2,1-2H3,(H,27,31)(H,29,30). The molecule has 2 aromatic rings. The fourth-order valence-corrected chi connectivity index (χ4v) is 4.59. The summed E-state index contributed by atoms with van der Waals surface area (Å²) in [6.07, 6.45) is 4.74. The molecule has 0 bridgehead atoms. The molecule has 0 radical (unpaired) electrons. The summed E-state index contributed by atoms with van der Waals surface area (Å²) in [6.45, 7) is 3.69. The van der Waals surface area contributed by atoms with Crippen molar-refractivity contribution in [2.45, 2.75) is 64.5 Å². The first-order chi connectivity index (χ1) is 15.7. The van der Waals surface area contributed by atoms with Crippen LogP contribution in [0.2, 0.25) is 0 Å². The number of nitrogens with one attached hydrogen (secondary N) is 1. The van der Waals surface area contributed by atoms with Crippen molar-refractivity contribution in [1.82, 2.24) is 9.88 Å². The molecule has 33 heavy (non-hydrogen) atoms. The summed E-state index contributed by atoms with van der Waals surface area (Å²) in [5, 5.41) is 11.9. The maximum Gasteiger partial charge on any atom is 0.329 e. The van der Waals surface area contributed by atoms with Gasteiger partial charge in [0, 0.05) is 5.69 Å². The molecule has 0 unspecified atom stereocenters. The maximum atomic E-state index is 13.4. The molecule has 1 amide bonds. The molecule has 1 aliphatic rings. The zero-order valence-electron chi connectivity index (χ0n) is 19.2. The third kappa shape index (κ3) is 6.07. The minimum atomic E-state index is -1.07. The lowest BCUT2D eigenvalue weighted by Gasteiger charge is -2.37. The van der Waals surface area contributed by atoms with Crippen LogP contribution in [0.3, 0.4) is 0 Å². The number of aryl methyl sites for hydroxylation is 1. The number of carboxylic acids is 1. The molecule has 8 heteroatoms. The second kappa shape index (κ2) is 10.7. The quantitative estimate of drug-likeness (QED) is 0.600. The van der Waals surface area contributed by atoms with E-state index >= 15 is 0 Å². The monoisotopic (exact) mass is 458 g/mol. The topological polar surface area (TPSA) is 97.6 Å². The Bertz CT molecular complexity index is 1060. The maximum absolute atomic E-state index is 13.4. The lowest BCUT2D eigenvalue weighted by atomic mass is 9.82. The summed E-state index contributed by atoms with van der Waals surface area (Å²) in [6, 6.07) is 7.56. The first-order valence-corrected chi connectivity index (χ1v) is 11.3. The van der Waals surface area contributed by atoms with E-state index in [1.165, 1.54) is 12.1 Å². The van der Waals surface area contributed by atoms with Crippen molar-refractivity contribution in [2.24, 2.45) is 0 Å². The molecule has 1 saturated carbocycles. The molecule has 3 rings (SSSR count). The van der Waals surface area contributed by atoms with E-state index in [1.54, 1.807) is 22.8 Å². The van der Waals surface area contributed by atoms with Gasteiger partial charge in [-0.25, -0.2) is 9.18 Å². The summed E-state index contributed by atoms with van der Waals surface area (Å²) < 4.78 is 20.2. The normalized spacial score (nSPS) is 15.2. The summed E-state index contributed by atoms with van der Waals surface area (Å²) >= 11 is 0. The molecule has 0 aliphatic heterocycles. The fraction of sp³-hybridized carbons (Fsp3) is 0.480. The molecule has 2 N–H and O–H groups in total. The van der Waals surface area contributed by atoms with Gasteiger partial charge in [0.15, 0.2) is 0 Å². The molecule has 1 aromatic heterocycles. The van der Waals surface area contributed by atoms with Gasteiger partial charge >= 0.3 is 5.97 Å². The Hall–Kier alpha value is -3.00. The Morgan fingerprint density at radius 1 is 1.18 bits per heavy atom. The van der Waals surface area contributed by atoms with Gasteiger partial charge in [0.2, 0.25) is 0 Å². The van der Waals surface area contributed by atoms with Gasteiger partial charge in [-0.2, -0.15) is 0 Å². The summed E-state index contributed by atoms with van der Waals surface area (Å²) in [4.78, 5) is 37.5. The van der Waals surface area contributed by atoms with E-state index < -0.39 is 29.6 Å². The number of aliphatic carboxylic acids is 1. The highest BCUT2D eigenvalue weighted by Gasteiger charge is 2.35. The SMILES string of the molecule is CCc1c(C)cc(C(=O)NC2(COCC(=O)O)CCCCC2)c(=O)n1Cc1ccc(F)cc1. The van der Waals surface area contributed by atoms with E-state index in [0.717, 1.165) is 36.1 Å². The molecule has 178 valence electrons. The third-order valence-electron chi connectivity index (χ3n) is 6.24. The van der Waals surface area contributed by atoms with Gasteiger partial charge in [-0.3, -0.25) is 9.59 Å². The molecular formula is C25H31FN2O5. The van der Waals surface area contributed by atoms with Crippen molar-refractivity contribution < 1.29 is 23.8 Å². The van der Waals surface area contributed by atoms with Gasteiger partial charge in [0.05, 0.1) is 18.7 Å². The molecule has 1 fully saturated rings. The van der Waals surface area contributed by atoms with Crippen molar-refractivity contribution in [3.63, 3.8) is 0 Å². The molecule has 7 nitrogen and oxygen atoms in total. The van der Waals surface area contributed by atoms with Crippen molar-refractivity contribution in [2.75, 3.05) is 13.2 Å². The summed E-state index contributed by atoms with van der Waals surface area (Å²) in [5.41, 5.74) is 1.33. The van der Waals surface area contributed by atoms with Crippen molar-refractivity contribution in [3.05, 3.63) is 68.9 Å². The number of halogens is 1. The Morgan fingerprint density at radius 2 is 1.85 bits per heavy atom. The molecule has 0 atom stereocenters. The Morgan fingerprint density at radius 3 is 2.45 bits per heavy atom. The predicted molar refractivity (Wildman–Crippen MR) is 122 cm³/mol. The van der Waals surface area contributed by atoms with Crippen LogP contribution in [0.25, 0.3) is 0 Å². The van der Waals surface area contributed by atoms with Crippen LogP contribution in [0.4, 0.5) is 4.39 Å². The zero-order valence-corrected chi connectivity index (χ0v) is 19.2. The summed E-state index contributed by atoms with van der Waals surface area (Å²) in [5.74, 6) is -1.91. The number of carbonyl (C=O) groups is 2. The number of benzene rings is 1. The minimum absolute atomic E-state index is 0.0370.